The van der Waals surface area contributed by atoms with Crippen LogP contribution < -0.4 is 25.6 Å². The van der Waals surface area contributed by atoms with E-state index in [1.54, 1.807) is 49.8 Å². The molecule has 5 rings (SSSR count). The average Bonchev–Trinajstić information content (AvgIpc) is 2.99. The molecule has 0 radical (unpaired) electrons. The maximum atomic E-state index is 13.1. The van der Waals surface area contributed by atoms with E-state index in [-0.39, 0.29) is 11.8 Å². The minimum absolute atomic E-state index is 0.294. The molecule has 4 aromatic rings. The third kappa shape index (κ3) is 7.02. The molecule has 1 aliphatic heterocycles. The molecule has 0 atom stereocenters. The van der Waals surface area contributed by atoms with E-state index in [4.69, 9.17) is 4.74 Å². The van der Waals surface area contributed by atoms with Crippen LogP contribution in [0.25, 0.3) is 0 Å². The van der Waals surface area contributed by atoms with Crippen LogP contribution in [0, 0.1) is 13.8 Å². The van der Waals surface area contributed by atoms with Crippen LogP contribution in [0.4, 0.5) is 28.7 Å². The maximum absolute atomic E-state index is 13.1. The van der Waals surface area contributed by atoms with Gasteiger partial charge >= 0.3 is 0 Å². The normalized spacial score (nSPS) is 13.4. The topological polar surface area (TPSA) is 112 Å². The number of anilines is 5. The highest BCUT2D eigenvalue weighted by Gasteiger charge is 2.15. The van der Waals surface area contributed by atoms with Crippen LogP contribution in [0.15, 0.2) is 73.1 Å². The third-order valence-electron chi connectivity index (χ3n) is 7.19. The highest BCUT2D eigenvalue weighted by molar-refractivity contribution is 6.08. The lowest BCUT2D eigenvalue weighted by Gasteiger charge is -2.34. The summed E-state index contributed by atoms with van der Waals surface area (Å²) in [5.41, 5.74) is 5.60. The Balaban J connectivity index is 1.20. The number of aryl methyl sites for hydroxylation is 2. The Labute approximate surface area is 245 Å². The number of hydrogen-bond acceptors (Lipinski definition) is 8. The highest BCUT2D eigenvalue weighted by Crippen LogP contribution is 2.23. The number of benzene rings is 3. The maximum Gasteiger partial charge on any atom is 0.256 e. The molecule has 10 nitrogen and oxygen atoms in total. The number of hydrogen-bond donors (Lipinski definition) is 3. The number of aromatic nitrogens is 2. The SMILES string of the molecule is COc1cc(C)cc(C(=O)Nc2ccc(C)c(C(=O)Nc3cnc(Nc4ccc(N5CCN(C)CC5)cc4)nc3)c2)c1. The summed E-state index contributed by atoms with van der Waals surface area (Å²) in [5, 5.41) is 8.91. The van der Waals surface area contributed by atoms with Crippen molar-refractivity contribution in [3.8, 4) is 5.75 Å². The van der Waals surface area contributed by atoms with Crippen molar-refractivity contribution in [2.75, 3.05) is 61.2 Å². The van der Waals surface area contributed by atoms with Crippen molar-refractivity contribution in [3.63, 3.8) is 0 Å². The second-order valence-electron chi connectivity index (χ2n) is 10.4. The first kappa shape index (κ1) is 28.6. The summed E-state index contributed by atoms with van der Waals surface area (Å²) in [7, 11) is 3.71. The van der Waals surface area contributed by atoms with Gasteiger partial charge in [-0.15, -0.1) is 0 Å². The molecule has 10 heteroatoms. The van der Waals surface area contributed by atoms with Crippen LogP contribution in [0.5, 0.6) is 5.75 Å². The van der Waals surface area contributed by atoms with Gasteiger partial charge in [0.1, 0.15) is 5.75 Å². The number of nitrogens with one attached hydrogen (secondary N) is 3. The lowest BCUT2D eigenvalue weighted by atomic mass is 10.1. The molecule has 3 aromatic carbocycles. The Hall–Kier alpha value is -4.96. The number of likely N-dealkylation sites (N-methyl/N-ethyl adjacent to an activating group) is 1. The zero-order valence-electron chi connectivity index (χ0n) is 24.3. The number of amides is 2. The molecule has 0 aliphatic carbocycles. The minimum Gasteiger partial charge on any atom is -0.497 e. The molecule has 3 N–H and O–H groups in total. The Morgan fingerprint density at radius 3 is 2.14 bits per heavy atom. The van der Waals surface area contributed by atoms with Crippen LogP contribution in [0.2, 0.25) is 0 Å². The van der Waals surface area contributed by atoms with Crippen LogP contribution in [-0.2, 0) is 0 Å². The lowest BCUT2D eigenvalue weighted by Crippen LogP contribution is -2.44. The number of carbonyl (C=O) groups excluding carboxylic acids is 2. The van der Waals surface area contributed by atoms with Gasteiger partial charge in [0.25, 0.3) is 11.8 Å². The zero-order chi connectivity index (χ0) is 29.6. The van der Waals surface area contributed by atoms with Crippen molar-refractivity contribution in [1.29, 1.82) is 0 Å². The van der Waals surface area contributed by atoms with Crippen molar-refractivity contribution in [2.45, 2.75) is 13.8 Å². The van der Waals surface area contributed by atoms with Gasteiger partial charge in [-0.3, -0.25) is 9.59 Å². The fourth-order valence-electron chi connectivity index (χ4n) is 4.75. The van der Waals surface area contributed by atoms with E-state index < -0.39 is 0 Å². The molecule has 2 heterocycles. The van der Waals surface area contributed by atoms with Gasteiger partial charge in [-0.25, -0.2) is 9.97 Å². The van der Waals surface area contributed by atoms with Crippen LogP contribution in [-0.4, -0.2) is 67.0 Å². The third-order valence-corrected chi connectivity index (χ3v) is 7.19. The van der Waals surface area contributed by atoms with Gasteiger partial charge in [0.05, 0.1) is 25.2 Å². The Morgan fingerprint density at radius 2 is 1.45 bits per heavy atom. The summed E-state index contributed by atoms with van der Waals surface area (Å²) < 4.78 is 5.27. The Morgan fingerprint density at radius 1 is 0.786 bits per heavy atom. The smallest absolute Gasteiger partial charge is 0.256 e. The summed E-state index contributed by atoms with van der Waals surface area (Å²) in [4.78, 5) is 39.4. The van der Waals surface area contributed by atoms with E-state index in [9.17, 15) is 9.59 Å². The number of methoxy groups -OCH3 is 1. The van der Waals surface area contributed by atoms with Crippen molar-refractivity contribution < 1.29 is 14.3 Å². The fourth-order valence-corrected chi connectivity index (χ4v) is 4.75. The van der Waals surface area contributed by atoms with Gasteiger partial charge in [-0.05, 0) is 86.6 Å². The molecular weight excluding hydrogens is 530 g/mol. The average molecular weight is 566 g/mol. The van der Waals surface area contributed by atoms with E-state index in [1.807, 2.05) is 32.0 Å². The van der Waals surface area contributed by atoms with Crippen LogP contribution in [0.1, 0.15) is 31.8 Å². The zero-order valence-corrected chi connectivity index (χ0v) is 24.3. The number of nitrogens with zero attached hydrogens (tertiary/aromatic N) is 4. The van der Waals surface area contributed by atoms with E-state index in [1.165, 1.54) is 5.69 Å². The van der Waals surface area contributed by atoms with Crippen molar-refractivity contribution in [2.24, 2.45) is 0 Å². The monoisotopic (exact) mass is 565 g/mol. The van der Waals surface area contributed by atoms with E-state index in [2.05, 4.69) is 54.9 Å². The van der Waals surface area contributed by atoms with Gasteiger partial charge in [0, 0.05) is 54.4 Å². The fraction of sp³-hybridized carbons (Fsp3) is 0.250. The molecule has 2 amide bonds. The van der Waals surface area contributed by atoms with E-state index in [0.717, 1.165) is 43.0 Å². The molecule has 1 saturated heterocycles. The molecule has 0 saturated carbocycles. The van der Waals surface area contributed by atoms with Gasteiger partial charge in [-0.2, -0.15) is 0 Å². The van der Waals surface area contributed by atoms with Crippen LogP contribution >= 0.6 is 0 Å². The second kappa shape index (κ2) is 12.7. The summed E-state index contributed by atoms with van der Waals surface area (Å²) >= 11 is 0. The molecule has 1 aromatic heterocycles. The van der Waals surface area contributed by atoms with E-state index >= 15 is 0 Å². The predicted octanol–water partition coefficient (Wildman–Crippen LogP) is 5.10. The van der Waals surface area contributed by atoms with Crippen molar-refractivity contribution in [1.82, 2.24) is 14.9 Å². The molecular formula is C32H35N7O3. The first-order chi connectivity index (χ1) is 20.3. The van der Waals surface area contributed by atoms with Crippen LogP contribution in [0.3, 0.4) is 0 Å². The van der Waals surface area contributed by atoms with Gasteiger partial charge in [-0.1, -0.05) is 6.07 Å². The molecule has 1 aliphatic rings. The molecule has 42 heavy (non-hydrogen) atoms. The number of carbonyl (C=O) groups is 2. The lowest BCUT2D eigenvalue weighted by molar-refractivity contribution is 0.101. The summed E-state index contributed by atoms with van der Waals surface area (Å²) in [5.74, 6) is 0.406. The summed E-state index contributed by atoms with van der Waals surface area (Å²) in [6.45, 7) is 7.88. The van der Waals surface area contributed by atoms with Gasteiger partial charge < -0.3 is 30.5 Å². The molecule has 216 valence electrons. The first-order valence-electron chi connectivity index (χ1n) is 13.8. The number of piperazine rings is 1. The van der Waals surface area contributed by atoms with Crippen molar-refractivity contribution >= 4 is 40.5 Å². The second-order valence-corrected chi connectivity index (χ2v) is 10.4. The predicted molar refractivity (Wildman–Crippen MR) is 166 cm³/mol. The minimum atomic E-state index is -0.329. The van der Waals surface area contributed by atoms with Gasteiger partial charge in [0.15, 0.2) is 0 Å². The molecule has 0 bridgehead atoms. The first-order valence-corrected chi connectivity index (χ1v) is 13.8. The molecule has 0 unspecified atom stereocenters. The number of rotatable bonds is 8. The quantitative estimate of drug-likeness (QED) is 0.271. The van der Waals surface area contributed by atoms with E-state index in [0.29, 0.717) is 34.2 Å². The summed E-state index contributed by atoms with van der Waals surface area (Å²) in [6.07, 6.45) is 3.11. The Kier molecular flexibility index (Phi) is 8.63. The van der Waals surface area contributed by atoms with Crippen molar-refractivity contribution in [3.05, 3.63) is 95.3 Å². The van der Waals surface area contributed by atoms with Gasteiger partial charge in [0.2, 0.25) is 5.95 Å². The standard InChI is InChI=1S/C32H35N7O3/c1-21-15-23(17-28(16-21)42-4)30(40)35-25-6-5-22(2)29(18-25)31(41)36-26-19-33-32(34-20-26)37-24-7-9-27(10-8-24)39-13-11-38(3)12-14-39/h5-10,15-20H,11-14H2,1-4H3,(H,35,40)(H,36,41)(H,33,34,37). The Bertz CT molecular complexity index is 1560. The molecule has 1 fully saturated rings. The molecule has 0 spiro atoms. The summed E-state index contributed by atoms with van der Waals surface area (Å²) in [6, 6.07) is 18.7. The number of ether oxygens (including phenoxy) is 1. The highest BCUT2D eigenvalue weighted by atomic mass is 16.5. The largest absolute Gasteiger partial charge is 0.497 e.